The van der Waals surface area contributed by atoms with Crippen molar-refractivity contribution in [3.05, 3.63) is 65.2 Å². The van der Waals surface area contributed by atoms with Crippen LogP contribution in [0.1, 0.15) is 50.3 Å². The number of carbonyl (C=O) groups excluding carboxylic acids is 1. The molecule has 0 spiro atoms. The lowest BCUT2D eigenvalue weighted by molar-refractivity contribution is -0.126. The van der Waals surface area contributed by atoms with Gasteiger partial charge in [-0.2, -0.15) is 0 Å². The predicted octanol–water partition coefficient (Wildman–Crippen LogP) is 4.03. The molecule has 3 rings (SSSR count). The van der Waals surface area contributed by atoms with Crippen LogP contribution in [0.4, 0.5) is 0 Å². The summed E-state index contributed by atoms with van der Waals surface area (Å²) in [5, 5.41) is 2.95. The summed E-state index contributed by atoms with van der Waals surface area (Å²) in [7, 11) is -3.39. The Morgan fingerprint density at radius 2 is 1.79 bits per heavy atom. The van der Waals surface area contributed by atoms with Crippen molar-refractivity contribution in [3.8, 4) is 5.75 Å². The quantitative estimate of drug-likeness (QED) is 0.589. The second-order valence-electron chi connectivity index (χ2n) is 9.80. The molecule has 0 bridgehead atoms. The highest BCUT2D eigenvalue weighted by Crippen LogP contribution is 2.30. The molecular weight excluding hydrogens is 436 g/mol. The highest BCUT2D eigenvalue weighted by Gasteiger charge is 2.31. The van der Waals surface area contributed by atoms with E-state index in [1.165, 1.54) is 4.31 Å². The second kappa shape index (κ2) is 10.7. The SMILES string of the molecule is Cc1cccc(CS(=O)(=O)N2CCC(C(=O)NCCOc3ccccc3C(C)(C)C)CC2)c1. The van der Waals surface area contributed by atoms with Crippen molar-refractivity contribution in [1.82, 2.24) is 9.62 Å². The van der Waals surface area contributed by atoms with E-state index in [1.54, 1.807) is 0 Å². The Morgan fingerprint density at radius 1 is 1.09 bits per heavy atom. The Balaban J connectivity index is 1.43. The molecule has 1 fully saturated rings. The number of amides is 1. The Morgan fingerprint density at radius 3 is 2.45 bits per heavy atom. The number of piperidine rings is 1. The third kappa shape index (κ3) is 7.05. The van der Waals surface area contributed by atoms with Crippen molar-refractivity contribution in [3.63, 3.8) is 0 Å². The third-order valence-corrected chi connectivity index (χ3v) is 7.85. The first-order chi connectivity index (χ1) is 15.6. The second-order valence-corrected chi connectivity index (χ2v) is 11.8. The van der Waals surface area contributed by atoms with Gasteiger partial charge in [-0.1, -0.05) is 68.8 Å². The number of sulfonamides is 1. The number of hydrogen-bond acceptors (Lipinski definition) is 4. The van der Waals surface area contributed by atoms with Crippen molar-refractivity contribution in [2.24, 2.45) is 5.92 Å². The van der Waals surface area contributed by atoms with E-state index >= 15 is 0 Å². The van der Waals surface area contributed by atoms with E-state index in [-0.39, 0.29) is 23.0 Å². The first-order valence-corrected chi connectivity index (χ1v) is 13.2. The van der Waals surface area contributed by atoms with Crippen molar-refractivity contribution in [2.45, 2.75) is 51.7 Å². The average Bonchev–Trinajstić information content (AvgIpc) is 2.76. The molecule has 1 aliphatic rings. The lowest BCUT2D eigenvalue weighted by Gasteiger charge is -2.30. The van der Waals surface area contributed by atoms with Gasteiger partial charge in [0, 0.05) is 19.0 Å². The summed E-state index contributed by atoms with van der Waals surface area (Å²) in [4.78, 5) is 12.6. The van der Waals surface area contributed by atoms with Crippen LogP contribution in [0.2, 0.25) is 0 Å². The van der Waals surface area contributed by atoms with E-state index in [2.05, 4.69) is 32.2 Å². The zero-order chi connectivity index (χ0) is 24.1. The van der Waals surface area contributed by atoms with E-state index in [1.807, 2.05) is 49.4 Å². The number of hydrogen-bond donors (Lipinski definition) is 1. The fraction of sp³-hybridized carbons (Fsp3) is 0.500. The van der Waals surface area contributed by atoms with E-state index in [0.29, 0.717) is 39.1 Å². The summed E-state index contributed by atoms with van der Waals surface area (Å²) in [6.07, 6.45) is 1.07. The molecule has 0 atom stereocenters. The van der Waals surface area contributed by atoms with Crippen LogP contribution in [0.25, 0.3) is 0 Å². The monoisotopic (exact) mass is 472 g/mol. The molecule has 33 heavy (non-hydrogen) atoms. The van der Waals surface area contributed by atoms with E-state index in [0.717, 1.165) is 22.4 Å². The number of ether oxygens (including phenoxy) is 1. The molecule has 1 saturated heterocycles. The van der Waals surface area contributed by atoms with Crippen LogP contribution in [-0.4, -0.2) is 44.9 Å². The molecule has 7 heteroatoms. The molecule has 0 aromatic heterocycles. The number of nitrogens with one attached hydrogen (secondary N) is 1. The molecule has 0 saturated carbocycles. The van der Waals surface area contributed by atoms with Crippen molar-refractivity contribution < 1.29 is 17.9 Å². The molecule has 1 aliphatic heterocycles. The van der Waals surface area contributed by atoms with Crippen molar-refractivity contribution >= 4 is 15.9 Å². The zero-order valence-corrected chi connectivity index (χ0v) is 21.0. The third-order valence-electron chi connectivity index (χ3n) is 6.00. The maximum atomic E-state index is 12.8. The number of benzene rings is 2. The van der Waals surface area contributed by atoms with Crippen LogP contribution in [0, 0.1) is 12.8 Å². The number of para-hydroxylation sites is 1. The van der Waals surface area contributed by atoms with Crippen LogP contribution < -0.4 is 10.1 Å². The molecule has 1 N–H and O–H groups in total. The fourth-order valence-electron chi connectivity index (χ4n) is 4.19. The van der Waals surface area contributed by atoms with E-state index < -0.39 is 10.0 Å². The summed E-state index contributed by atoms with van der Waals surface area (Å²) < 4.78 is 33.0. The smallest absolute Gasteiger partial charge is 0.223 e. The van der Waals surface area contributed by atoms with E-state index in [4.69, 9.17) is 4.74 Å². The fourth-order valence-corrected chi connectivity index (χ4v) is 5.74. The number of carbonyl (C=O) groups is 1. The summed E-state index contributed by atoms with van der Waals surface area (Å²) >= 11 is 0. The van der Waals surface area contributed by atoms with Crippen LogP contribution >= 0.6 is 0 Å². The molecular formula is C26H36N2O4S. The molecule has 2 aromatic carbocycles. The molecule has 6 nitrogen and oxygen atoms in total. The maximum absolute atomic E-state index is 12.8. The van der Waals surface area contributed by atoms with Gasteiger partial charge in [0.2, 0.25) is 15.9 Å². The lowest BCUT2D eigenvalue weighted by Crippen LogP contribution is -2.44. The van der Waals surface area contributed by atoms with Gasteiger partial charge >= 0.3 is 0 Å². The van der Waals surface area contributed by atoms with Crippen LogP contribution in [0.5, 0.6) is 5.75 Å². The summed E-state index contributed by atoms with van der Waals surface area (Å²) in [5.74, 6) is 0.640. The molecule has 0 aliphatic carbocycles. The standard InChI is InChI=1S/C26H36N2O4S/c1-20-8-7-9-21(18-20)19-33(30,31)28-15-12-22(13-16-28)25(29)27-14-17-32-24-11-6-5-10-23(24)26(2,3)4/h5-11,18,22H,12-17,19H2,1-4H3,(H,27,29). The van der Waals surface area contributed by atoms with Gasteiger partial charge in [-0.3, -0.25) is 4.79 Å². The Bertz CT molecular complexity index is 1050. The molecule has 1 heterocycles. The van der Waals surface area contributed by atoms with Gasteiger partial charge < -0.3 is 10.1 Å². The number of aryl methyl sites for hydroxylation is 1. The zero-order valence-electron chi connectivity index (χ0n) is 20.1. The summed E-state index contributed by atoms with van der Waals surface area (Å²) in [6, 6.07) is 15.5. The van der Waals surface area contributed by atoms with Gasteiger partial charge in [0.05, 0.1) is 12.3 Å². The number of rotatable bonds is 8. The molecule has 0 unspecified atom stereocenters. The van der Waals surface area contributed by atoms with Gasteiger partial charge in [-0.15, -0.1) is 0 Å². The van der Waals surface area contributed by atoms with Crippen molar-refractivity contribution in [2.75, 3.05) is 26.2 Å². The molecule has 2 aromatic rings. The minimum Gasteiger partial charge on any atom is -0.491 e. The van der Waals surface area contributed by atoms with Crippen LogP contribution in [-0.2, 0) is 26.0 Å². The molecule has 180 valence electrons. The van der Waals surface area contributed by atoms with Gasteiger partial charge in [0.1, 0.15) is 12.4 Å². The molecule has 1 amide bonds. The maximum Gasteiger partial charge on any atom is 0.223 e. The van der Waals surface area contributed by atoms with Gasteiger partial charge in [-0.05, 0) is 42.4 Å². The normalized spacial score (nSPS) is 15.9. The predicted molar refractivity (Wildman–Crippen MR) is 132 cm³/mol. The lowest BCUT2D eigenvalue weighted by atomic mass is 9.86. The minimum atomic E-state index is -3.39. The first-order valence-electron chi connectivity index (χ1n) is 11.6. The highest BCUT2D eigenvalue weighted by molar-refractivity contribution is 7.88. The van der Waals surface area contributed by atoms with Gasteiger partial charge in [0.15, 0.2) is 0 Å². The topological polar surface area (TPSA) is 75.7 Å². The van der Waals surface area contributed by atoms with E-state index in [9.17, 15) is 13.2 Å². The average molecular weight is 473 g/mol. The summed E-state index contributed by atoms with van der Waals surface area (Å²) in [6.45, 7) is 9.95. The van der Waals surface area contributed by atoms with Gasteiger partial charge in [0.25, 0.3) is 0 Å². The Kier molecular flexibility index (Phi) is 8.19. The van der Waals surface area contributed by atoms with Gasteiger partial charge in [-0.25, -0.2) is 12.7 Å². The van der Waals surface area contributed by atoms with Crippen molar-refractivity contribution in [1.29, 1.82) is 0 Å². The first kappa shape index (κ1) is 25.2. The highest BCUT2D eigenvalue weighted by atomic mass is 32.2. The van der Waals surface area contributed by atoms with Crippen LogP contribution in [0.15, 0.2) is 48.5 Å². The van der Waals surface area contributed by atoms with Crippen LogP contribution in [0.3, 0.4) is 0 Å². The summed E-state index contributed by atoms with van der Waals surface area (Å²) in [5.41, 5.74) is 2.95. The number of nitrogens with zero attached hydrogens (tertiary/aromatic N) is 1. The minimum absolute atomic E-state index is 0.00107. The Labute approximate surface area is 198 Å². The largest absolute Gasteiger partial charge is 0.491 e. The Hall–Kier alpha value is -2.38. The molecule has 0 radical (unpaired) electrons.